The summed E-state index contributed by atoms with van der Waals surface area (Å²) >= 11 is 6.25. The minimum absolute atomic E-state index is 0.136. The molecule has 4 aromatic rings. The molecule has 0 saturated carbocycles. The van der Waals surface area contributed by atoms with Gasteiger partial charge in [-0.15, -0.1) is 5.10 Å². The summed E-state index contributed by atoms with van der Waals surface area (Å²) < 4.78 is 7.44. The summed E-state index contributed by atoms with van der Waals surface area (Å²) in [6, 6.07) is 14.0. The van der Waals surface area contributed by atoms with Gasteiger partial charge in [-0.25, -0.2) is 4.98 Å². The highest BCUT2D eigenvalue weighted by Crippen LogP contribution is 2.25. The summed E-state index contributed by atoms with van der Waals surface area (Å²) in [5.41, 5.74) is 5.64. The number of benzene rings is 2. The van der Waals surface area contributed by atoms with Gasteiger partial charge in [-0.2, -0.15) is 4.63 Å². The molecule has 4 rings (SSSR count). The fourth-order valence-corrected chi connectivity index (χ4v) is 3.85. The first-order chi connectivity index (χ1) is 15.7. The number of hydrogen-bond donors (Lipinski definition) is 2. The lowest BCUT2D eigenvalue weighted by atomic mass is 9.99. The molecule has 0 fully saturated rings. The minimum Gasteiger partial charge on any atom is -0.481 e. The van der Waals surface area contributed by atoms with E-state index >= 15 is 0 Å². The van der Waals surface area contributed by atoms with Crippen LogP contribution in [0.1, 0.15) is 42.1 Å². The monoisotopic (exact) mass is 465 g/mol. The lowest BCUT2D eigenvalue weighted by molar-refractivity contribution is -0.127. The molecule has 0 radical (unpaired) electrons. The third-order valence-electron chi connectivity index (χ3n) is 5.73. The SMILES string of the molecule is Cc1ccc(OC(C)C(=O)NCC(C)c2ccc(-c3nc4c(Cl)c(C)[nH]n4n3)cc2)c(C)c1. The smallest absolute Gasteiger partial charge is 0.260 e. The molecule has 1 amide bonds. The average Bonchev–Trinajstić information content (AvgIpc) is 3.32. The second kappa shape index (κ2) is 9.27. The van der Waals surface area contributed by atoms with E-state index in [9.17, 15) is 4.79 Å². The molecule has 2 heterocycles. The molecule has 2 aromatic carbocycles. The van der Waals surface area contributed by atoms with Crippen molar-refractivity contribution in [1.29, 1.82) is 0 Å². The van der Waals surface area contributed by atoms with Crippen LogP contribution in [0.5, 0.6) is 5.75 Å². The quantitative estimate of drug-likeness (QED) is 0.402. The van der Waals surface area contributed by atoms with Crippen molar-refractivity contribution >= 4 is 23.2 Å². The molecule has 0 saturated heterocycles. The molecule has 2 unspecified atom stereocenters. The number of aryl methyl sites for hydroxylation is 3. The first kappa shape index (κ1) is 22.9. The van der Waals surface area contributed by atoms with Crippen LogP contribution in [0.25, 0.3) is 17.0 Å². The van der Waals surface area contributed by atoms with Gasteiger partial charge in [-0.3, -0.25) is 9.89 Å². The van der Waals surface area contributed by atoms with Crippen molar-refractivity contribution in [2.24, 2.45) is 0 Å². The van der Waals surface area contributed by atoms with Crippen molar-refractivity contribution < 1.29 is 9.53 Å². The standard InChI is InChI=1S/C25H28ClN5O2/c1-14-6-11-21(15(2)12-14)33-18(5)25(32)27-13-16(3)19-7-9-20(10-8-19)23-28-24-22(26)17(4)29-31(24)30-23/h6-12,16,18,29H,13H2,1-5H3,(H,27,32). The fourth-order valence-electron chi connectivity index (χ4n) is 3.68. The molecule has 0 aliphatic carbocycles. The van der Waals surface area contributed by atoms with Gasteiger partial charge >= 0.3 is 0 Å². The van der Waals surface area contributed by atoms with Crippen molar-refractivity contribution in [2.75, 3.05) is 6.54 Å². The van der Waals surface area contributed by atoms with E-state index < -0.39 is 6.10 Å². The number of aromatic amines is 1. The van der Waals surface area contributed by atoms with Crippen LogP contribution in [0.3, 0.4) is 0 Å². The number of carbonyl (C=O) groups excluding carboxylic acids is 1. The normalized spacial score (nSPS) is 13.2. The van der Waals surface area contributed by atoms with Crippen LogP contribution in [0.2, 0.25) is 5.02 Å². The second-order valence-corrected chi connectivity index (χ2v) is 8.90. The van der Waals surface area contributed by atoms with E-state index in [1.165, 1.54) is 0 Å². The third-order valence-corrected chi connectivity index (χ3v) is 6.18. The molecule has 0 aliphatic rings. The van der Waals surface area contributed by atoms with Gasteiger partial charge in [0, 0.05) is 12.1 Å². The van der Waals surface area contributed by atoms with Gasteiger partial charge in [0.1, 0.15) is 10.8 Å². The number of halogens is 1. The summed E-state index contributed by atoms with van der Waals surface area (Å²) in [6.45, 7) is 10.2. The molecule has 172 valence electrons. The van der Waals surface area contributed by atoms with E-state index in [2.05, 4.69) is 27.4 Å². The summed E-state index contributed by atoms with van der Waals surface area (Å²) in [7, 11) is 0. The molecular formula is C25H28ClN5O2. The lowest BCUT2D eigenvalue weighted by Crippen LogP contribution is -2.38. The number of fused-ring (bicyclic) bond motifs is 1. The van der Waals surface area contributed by atoms with Gasteiger partial charge in [0.05, 0.1) is 5.69 Å². The van der Waals surface area contributed by atoms with E-state index in [1.54, 1.807) is 11.6 Å². The van der Waals surface area contributed by atoms with Crippen molar-refractivity contribution in [3.8, 4) is 17.1 Å². The Morgan fingerprint density at radius 1 is 1.15 bits per heavy atom. The first-order valence-electron chi connectivity index (χ1n) is 11.0. The number of amides is 1. The maximum atomic E-state index is 12.5. The molecule has 2 N–H and O–H groups in total. The Labute approximate surface area is 198 Å². The van der Waals surface area contributed by atoms with Gasteiger partial charge in [0.25, 0.3) is 5.91 Å². The van der Waals surface area contributed by atoms with Crippen LogP contribution < -0.4 is 10.1 Å². The van der Waals surface area contributed by atoms with Gasteiger partial charge in [-0.05, 0) is 50.8 Å². The Balaban J connectivity index is 1.35. The molecule has 2 aromatic heterocycles. The highest BCUT2D eigenvalue weighted by Gasteiger charge is 2.17. The Morgan fingerprint density at radius 3 is 2.55 bits per heavy atom. The number of aromatic nitrogens is 4. The van der Waals surface area contributed by atoms with E-state index in [0.29, 0.717) is 23.0 Å². The highest BCUT2D eigenvalue weighted by atomic mass is 35.5. The Kier molecular flexibility index (Phi) is 6.42. The highest BCUT2D eigenvalue weighted by molar-refractivity contribution is 6.34. The molecule has 8 heteroatoms. The second-order valence-electron chi connectivity index (χ2n) is 8.52. The van der Waals surface area contributed by atoms with Crippen molar-refractivity contribution in [1.82, 2.24) is 25.1 Å². The van der Waals surface area contributed by atoms with Gasteiger partial charge < -0.3 is 10.1 Å². The molecule has 2 atom stereocenters. The van der Waals surface area contributed by atoms with Gasteiger partial charge in [0.2, 0.25) is 0 Å². The summed E-state index contributed by atoms with van der Waals surface area (Å²) in [6.07, 6.45) is -0.576. The molecule has 7 nitrogen and oxygen atoms in total. The first-order valence-corrected chi connectivity index (χ1v) is 11.3. The Bertz CT molecular complexity index is 1290. The average molecular weight is 466 g/mol. The number of ether oxygens (including phenoxy) is 1. The van der Waals surface area contributed by atoms with Crippen LogP contribution >= 0.6 is 11.6 Å². The zero-order chi connectivity index (χ0) is 23.7. The van der Waals surface area contributed by atoms with Crippen LogP contribution in [0, 0.1) is 20.8 Å². The van der Waals surface area contributed by atoms with Gasteiger partial charge in [0.15, 0.2) is 17.6 Å². The minimum atomic E-state index is -0.576. The Hall–Kier alpha value is -3.32. The van der Waals surface area contributed by atoms with Crippen LogP contribution in [-0.2, 0) is 4.79 Å². The molecule has 0 aliphatic heterocycles. The number of nitrogens with one attached hydrogen (secondary N) is 2. The van der Waals surface area contributed by atoms with Crippen molar-refractivity contribution in [3.05, 3.63) is 69.9 Å². The van der Waals surface area contributed by atoms with Crippen LogP contribution in [0.15, 0.2) is 42.5 Å². The predicted molar refractivity (Wildman–Crippen MR) is 130 cm³/mol. The predicted octanol–water partition coefficient (Wildman–Crippen LogP) is 4.99. The third kappa shape index (κ3) is 4.88. The summed E-state index contributed by atoms with van der Waals surface area (Å²) in [4.78, 5) is 17.1. The van der Waals surface area contributed by atoms with Crippen LogP contribution in [-0.4, -0.2) is 38.4 Å². The topological polar surface area (TPSA) is 84.3 Å². The number of rotatable bonds is 7. The number of hydrogen-bond acceptors (Lipinski definition) is 4. The summed E-state index contributed by atoms with van der Waals surface area (Å²) in [5.74, 6) is 1.33. The van der Waals surface area contributed by atoms with Crippen molar-refractivity contribution in [2.45, 2.75) is 46.6 Å². The van der Waals surface area contributed by atoms with E-state index in [-0.39, 0.29) is 11.8 Å². The number of H-pyrrole nitrogens is 1. The van der Waals surface area contributed by atoms with Gasteiger partial charge in [-0.1, -0.05) is 60.5 Å². The Morgan fingerprint density at radius 2 is 1.88 bits per heavy atom. The zero-order valence-corrected chi connectivity index (χ0v) is 20.2. The van der Waals surface area contributed by atoms with E-state index in [1.807, 2.05) is 63.2 Å². The largest absolute Gasteiger partial charge is 0.481 e. The van der Waals surface area contributed by atoms with E-state index in [4.69, 9.17) is 16.3 Å². The number of carbonyl (C=O) groups is 1. The lowest BCUT2D eigenvalue weighted by Gasteiger charge is -2.18. The van der Waals surface area contributed by atoms with Crippen LogP contribution in [0.4, 0.5) is 0 Å². The van der Waals surface area contributed by atoms with E-state index in [0.717, 1.165) is 33.7 Å². The maximum absolute atomic E-state index is 12.5. The molecule has 0 spiro atoms. The summed E-state index contributed by atoms with van der Waals surface area (Å²) in [5, 5.41) is 11.1. The molecular weight excluding hydrogens is 438 g/mol. The maximum Gasteiger partial charge on any atom is 0.260 e. The molecule has 33 heavy (non-hydrogen) atoms. The zero-order valence-electron chi connectivity index (χ0n) is 19.4. The fraction of sp³-hybridized carbons (Fsp3) is 0.320. The van der Waals surface area contributed by atoms with Crippen molar-refractivity contribution in [3.63, 3.8) is 0 Å². The number of nitrogens with zero attached hydrogens (tertiary/aromatic N) is 3. The molecule has 0 bridgehead atoms.